The molecule has 0 saturated carbocycles. The predicted molar refractivity (Wildman–Crippen MR) is 30.9 cm³/mol. The Kier molecular flexibility index (Phi) is 9.66. The number of rotatable bonds is 1. The van der Waals surface area contributed by atoms with E-state index in [9.17, 15) is 0 Å². The summed E-state index contributed by atoms with van der Waals surface area (Å²) >= 11 is 0. The molecule has 3 heteroatoms. The van der Waals surface area contributed by atoms with Crippen molar-refractivity contribution < 1.29 is 5.21 Å². The van der Waals surface area contributed by atoms with Crippen molar-refractivity contribution in [2.75, 3.05) is 0 Å². The van der Waals surface area contributed by atoms with Gasteiger partial charge in [-0.25, -0.2) is 0 Å². The van der Waals surface area contributed by atoms with Gasteiger partial charge in [0.05, 0.1) is 5.71 Å². The van der Waals surface area contributed by atoms with E-state index < -0.39 is 0 Å². The Morgan fingerprint density at radius 1 is 1.71 bits per heavy atom. The van der Waals surface area contributed by atoms with E-state index in [4.69, 9.17) is 5.21 Å². The zero-order chi connectivity index (χ0) is 4.99. The summed E-state index contributed by atoms with van der Waals surface area (Å²) in [7, 11) is 0. The molecule has 1 N–H and O–H groups in total. The van der Waals surface area contributed by atoms with E-state index in [0.717, 1.165) is 12.1 Å². The van der Waals surface area contributed by atoms with Crippen molar-refractivity contribution in [2.24, 2.45) is 5.16 Å². The largest absolute Gasteiger partial charge is 0.411 e. The third-order valence-corrected chi connectivity index (χ3v) is 0.682. The standard InChI is InChI=1S/C4H9NO.Na/c1-3-4(2)5-6;/h6H,3H2,1-2H3;. The van der Waals surface area contributed by atoms with Crippen LogP contribution in [-0.4, -0.2) is 40.5 Å². The molecule has 0 unspecified atom stereocenters. The van der Waals surface area contributed by atoms with Crippen molar-refractivity contribution in [1.29, 1.82) is 0 Å². The van der Waals surface area contributed by atoms with Crippen LogP contribution in [-0.2, 0) is 0 Å². The van der Waals surface area contributed by atoms with Crippen molar-refractivity contribution in [2.45, 2.75) is 20.3 Å². The maximum absolute atomic E-state index is 7.92. The zero-order valence-corrected chi connectivity index (χ0v) is 7.10. The van der Waals surface area contributed by atoms with Crippen LogP contribution in [0.2, 0.25) is 0 Å². The Morgan fingerprint density at radius 2 is 2.14 bits per heavy atom. The molecule has 0 fully saturated rings. The van der Waals surface area contributed by atoms with Crippen LogP contribution in [0, 0.1) is 0 Å². The van der Waals surface area contributed by atoms with Gasteiger partial charge in [0.25, 0.3) is 0 Å². The molecule has 2 nitrogen and oxygen atoms in total. The topological polar surface area (TPSA) is 32.6 Å². The summed E-state index contributed by atoms with van der Waals surface area (Å²) in [5, 5.41) is 10.8. The molecule has 0 amide bonds. The number of hydrogen-bond acceptors (Lipinski definition) is 2. The molecule has 37 valence electrons. The van der Waals surface area contributed by atoms with Crippen LogP contribution in [0.25, 0.3) is 0 Å². The Labute approximate surface area is 65.9 Å². The first-order valence-electron chi connectivity index (χ1n) is 1.98. The molecule has 0 atom stereocenters. The van der Waals surface area contributed by atoms with Crippen molar-refractivity contribution >= 4 is 35.3 Å². The normalized spacial score (nSPS) is 10.3. The molecule has 7 heavy (non-hydrogen) atoms. The number of hydrogen-bond donors (Lipinski definition) is 1. The molecule has 0 aliphatic rings. The fourth-order valence-electron chi connectivity index (χ4n) is 0.0707. The first kappa shape index (κ1) is 10.5. The van der Waals surface area contributed by atoms with E-state index in [1.165, 1.54) is 0 Å². The van der Waals surface area contributed by atoms with E-state index in [1.54, 1.807) is 6.92 Å². The zero-order valence-electron chi connectivity index (χ0n) is 5.10. The van der Waals surface area contributed by atoms with Crippen LogP contribution >= 0.6 is 0 Å². The van der Waals surface area contributed by atoms with Gasteiger partial charge in [-0.05, 0) is 13.3 Å². The van der Waals surface area contributed by atoms with Gasteiger partial charge < -0.3 is 5.21 Å². The molecular formula is C4H9NNaO. The van der Waals surface area contributed by atoms with E-state index in [2.05, 4.69) is 5.16 Å². The van der Waals surface area contributed by atoms with Gasteiger partial charge in [-0.15, -0.1) is 0 Å². The van der Waals surface area contributed by atoms with Crippen LogP contribution in [0.15, 0.2) is 5.16 Å². The van der Waals surface area contributed by atoms with E-state index in [-0.39, 0.29) is 29.6 Å². The second kappa shape index (κ2) is 6.47. The minimum atomic E-state index is 0. The van der Waals surface area contributed by atoms with Crippen LogP contribution in [0.4, 0.5) is 0 Å². The molecule has 0 aromatic carbocycles. The van der Waals surface area contributed by atoms with Crippen molar-refractivity contribution in [1.82, 2.24) is 0 Å². The molecule has 0 aliphatic carbocycles. The smallest absolute Gasteiger partial charge is 0.0537 e. The minimum Gasteiger partial charge on any atom is -0.411 e. The van der Waals surface area contributed by atoms with Crippen molar-refractivity contribution in [3.05, 3.63) is 0 Å². The first-order valence-corrected chi connectivity index (χ1v) is 1.98. The fourth-order valence-corrected chi connectivity index (χ4v) is 0.0707. The molecule has 0 spiro atoms. The summed E-state index contributed by atoms with van der Waals surface area (Å²) in [6.07, 6.45) is 0.830. The molecule has 0 aliphatic heterocycles. The summed E-state index contributed by atoms with van der Waals surface area (Å²) < 4.78 is 0. The third kappa shape index (κ3) is 6.47. The van der Waals surface area contributed by atoms with Crippen LogP contribution in [0.1, 0.15) is 20.3 Å². The Hall–Kier alpha value is 0.470. The summed E-state index contributed by atoms with van der Waals surface area (Å²) in [6, 6.07) is 0. The van der Waals surface area contributed by atoms with E-state index in [1.807, 2.05) is 6.92 Å². The van der Waals surface area contributed by atoms with Gasteiger partial charge in [-0.2, -0.15) is 0 Å². The maximum Gasteiger partial charge on any atom is 0.0537 e. The molecule has 0 saturated heterocycles. The molecule has 0 aromatic heterocycles. The Bertz CT molecular complexity index is 62.7. The summed E-state index contributed by atoms with van der Waals surface area (Å²) in [4.78, 5) is 0. The minimum absolute atomic E-state index is 0. The average Bonchev–Trinajstić information content (AvgIpc) is 1.65. The van der Waals surface area contributed by atoms with Gasteiger partial charge in [0.1, 0.15) is 0 Å². The molecule has 0 bridgehead atoms. The average molecular weight is 110 g/mol. The van der Waals surface area contributed by atoms with Gasteiger partial charge in [-0.3, -0.25) is 0 Å². The van der Waals surface area contributed by atoms with Gasteiger partial charge in [-0.1, -0.05) is 12.1 Å². The third-order valence-electron chi connectivity index (χ3n) is 0.682. The maximum atomic E-state index is 7.92. The molecule has 0 heterocycles. The second-order valence-electron chi connectivity index (χ2n) is 1.19. The second-order valence-corrected chi connectivity index (χ2v) is 1.19. The first-order chi connectivity index (χ1) is 2.81. The number of oxime groups is 1. The Balaban J connectivity index is 0. The quantitative estimate of drug-likeness (QED) is 0.231. The SMILES string of the molecule is CCC(C)=NO.[Na]. The fraction of sp³-hybridized carbons (Fsp3) is 0.750. The summed E-state index contributed by atoms with van der Waals surface area (Å²) in [5.74, 6) is 0. The van der Waals surface area contributed by atoms with Gasteiger partial charge in [0.2, 0.25) is 0 Å². The molecule has 1 radical (unpaired) electrons. The molecular weight excluding hydrogens is 101 g/mol. The van der Waals surface area contributed by atoms with Crippen LogP contribution in [0.5, 0.6) is 0 Å². The summed E-state index contributed by atoms with van der Waals surface area (Å²) in [5.41, 5.74) is 0.773. The van der Waals surface area contributed by atoms with Crippen LogP contribution in [0.3, 0.4) is 0 Å². The van der Waals surface area contributed by atoms with Gasteiger partial charge >= 0.3 is 0 Å². The Morgan fingerprint density at radius 3 is 2.14 bits per heavy atom. The van der Waals surface area contributed by atoms with Gasteiger partial charge in [0.15, 0.2) is 0 Å². The molecule has 0 rings (SSSR count). The van der Waals surface area contributed by atoms with Gasteiger partial charge in [0, 0.05) is 29.6 Å². The monoisotopic (exact) mass is 110 g/mol. The number of nitrogens with zero attached hydrogens (tertiary/aromatic N) is 1. The van der Waals surface area contributed by atoms with Crippen molar-refractivity contribution in [3.8, 4) is 0 Å². The molecule has 0 aromatic rings. The van der Waals surface area contributed by atoms with Crippen molar-refractivity contribution in [3.63, 3.8) is 0 Å². The van der Waals surface area contributed by atoms with E-state index in [0.29, 0.717) is 0 Å². The van der Waals surface area contributed by atoms with Crippen LogP contribution < -0.4 is 0 Å². The predicted octanol–water partition coefficient (Wildman–Crippen LogP) is 0.866. The van der Waals surface area contributed by atoms with E-state index >= 15 is 0 Å². The summed E-state index contributed by atoms with van der Waals surface area (Å²) in [6.45, 7) is 3.72.